The molecule has 0 unspecified atom stereocenters. The lowest BCUT2D eigenvalue weighted by atomic mass is 10.1. The van der Waals surface area contributed by atoms with Crippen molar-refractivity contribution in [2.24, 2.45) is 4.99 Å². The van der Waals surface area contributed by atoms with Crippen LogP contribution in [0.25, 0.3) is 0 Å². The minimum Gasteiger partial charge on any atom is -0.380 e. The van der Waals surface area contributed by atoms with Gasteiger partial charge in [0.25, 0.3) is 0 Å². The number of nitrogens with zero attached hydrogens (tertiary/aromatic N) is 1. The summed E-state index contributed by atoms with van der Waals surface area (Å²) in [5.41, 5.74) is 3.37. The van der Waals surface area contributed by atoms with Crippen LogP contribution in [0.2, 0.25) is 0 Å². The predicted octanol–water partition coefficient (Wildman–Crippen LogP) is 2.76. The first-order chi connectivity index (χ1) is 12.9. The molecule has 154 valence electrons. The van der Waals surface area contributed by atoms with E-state index in [1.807, 2.05) is 12.1 Å². The maximum Gasteiger partial charge on any atom is 0.191 e. The van der Waals surface area contributed by atoms with Gasteiger partial charge in [-0.25, -0.2) is 8.42 Å². The number of aliphatic imine (C=N–C) groups is 1. The Kier molecular flexibility index (Phi) is 10.5. The number of rotatable bonds is 8. The molecule has 0 aliphatic rings. The molecule has 0 aromatic heterocycles. The van der Waals surface area contributed by atoms with Crippen LogP contribution in [0.3, 0.4) is 0 Å². The van der Waals surface area contributed by atoms with Gasteiger partial charge in [0.15, 0.2) is 15.8 Å². The summed E-state index contributed by atoms with van der Waals surface area (Å²) in [6.45, 7) is 1.99. The maximum atomic E-state index is 11.5. The Hall–Kier alpha value is -1.65. The molecule has 0 saturated heterocycles. The van der Waals surface area contributed by atoms with E-state index in [4.69, 9.17) is 4.74 Å². The highest BCUT2D eigenvalue weighted by Gasteiger charge is 2.06. The molecule has 0 spiro atoms. The second kappa shape index (κ2) is 12.0. The van der Waals surface area contributed by atoms with Crippen molar-refractivity contribution in [2.45, 2.75) is 24.5 Å². The van der Waals surface area contributed by atoms with Crippen LogP contribution in [0.5, 0.6) is 0 Å². The molecular weight excluding hydrogens is 489 g/mol. The Bertz CT molecular complexity index is 851. The fraction of sp³-hybridized carbons (Fsp3) is 0.350. The van der Waals surface area contributed by atoms with Gasteiger partial charge in [-0.05, 0) is 35.2 Å². The zero-order chi connectivity index (χ0) is 19.7. The van der Waals surface area contributed by atoms with Gasteiger partial charge in [0.1, 0.15) is 0 Å². The van der Waals surface area contributed by atoms with E-state index in [1.165, 1.54) is 6.26 Å². The number of benzene rings is 2. The lowest BCUT2D eigenvalue weighted by molar-refractivity contribution is 0.185. The van der Waals surface area contributed by atoms with E-state index in [0.29, 0.717) is 24.6 Å². The Morgan fingerprint density at radius 2 is 1.54 bits per heavy atom. The van der Waals surface area contributed by atoms with Gasteiger partial charge in [-0.1, -0.05) is 36.4 Å². The van der Waals surface area contributed by atoms with Gasteiger partial charge in [-0.2, -0.15) is 0 Å². The number of sulfone groups is 1. The fourth-order valence-electron chi connectivity index (χ4n) is 2.55. The molecule has 0 aliphatic heterocycles. The molecule has 2 aromatic carbocycles. The van der Waals surface area contributed by atoms with Crippen LogP contribution in [0.15, 0.2) is 58.4 Å². The van der Waals surface area contributed by atoms with E-state index >= 15 is 0 Å². The van der Waals surface area contributed by atoms with E-state index in [1.54, 1.807) is 26.3 Å². The summed E-state index contributed by atoms with van der Waals surface area (Å²) in [4.78, 5) is 4.56. The smallest absolute Gasteiger partial charge is 0.191 e. The summed E-state index contributed by atoms with van der Waals surface area (Å²) < 4.78 is 28.1. The molecule has 0 saturated carbocycles. The Morgan fingerprint density at radius 1 is 0.964 bits per heavy atom. The molecule has 2 rings (SSSR count). The number of guanidine groups is 1. The van der Waals surface area contributed by atoms with Crippen molar-refractivity contribution in [2.75, 3.05) is 27.0 Å². The second-order valence-corrected chi connectivity index (χ2v) is 8.28. The number of methoxy groups -OCH3 is 1. The normalized spacial score (nSPS) is 11.6. The van der Waals surface area contributed by atoms with Crippen molar-refractivity contribution in [1.82, 2.24) is 10.6 Å². The van der Waals surface area contributed by atoms with E-state index in [0.717, 1.165) is 29.1 Å². The van der Waals surface area contributed by atoms with Crippen LogP contribution in [-0.4, -0.2) is 41.3 Å². The van der Waals surface area contributed by atoms with Crippen molar-refractivity contribution < 1.29 is 13.2 Å². The third-order valence-electron chi connectivity index (χ3n) is 4.08. The maximum absolute atomic E-state index is 11.5. The molecule has 0 heterocycles. The predicted molar refractivity (Wildman–Crippen MR) is 124 cm³/mol. The first kappa shape index (κ1) is 24.4. The molecule has 8 heteroatoms. The summed E-state index contributed by atoms with van der Waals surface area (Å²) in [7, 11) is 0.271. The third-order valence-corrected chi connectivity index (χ3v) is 5.20. The standard InChI is InChI=1S/C20H27N3O3S.HI/c1-21-20(23-14-17-4-6-18(7-5-17)15-26-2)22-13-12-16-8-10-19(11-9-16)27(3,24)25;/h4-11H,12-15H2,1-3H3,(H2,21,22,23);1H. The molecule has 0 radical (unpaired) electrons. The molecule has 0 bridgehead atoms. The second-order valence-electron chi connectivity index (χ2n) is 6.27. The van der Waals surface area contributed by atoms with Crippen LogP contribution >= 0.6 is 24.0 Å². The van der Waals surface area contributed by atoms with Crippen molar-refractivity contribution >= 4 is 39.8 Å². The molecule has 2 N–H and O–H groups in total. The minimum atomic E-state index is -3.15. The van der Waals surface area contributed by atoms with Crippen LogP contribution in [0.4, 0.5) is 0 Å². The highest BCUT2D eigenvalue weighted by Crippen LogP contribution is 2.10. The average molecular weight is 517 g/mol. The van der Waals surface area contributed by atoms with Gasteiger partial charge < -0.3 is 15.4 Å². The van der Waals surface area contributed by atoms with Crippen LogP contribution < -0.4 is 10.6 Å². The van der Waals surface area contributed by atoms with Crippen molar-refractivity contribution in [3.63, 3.8) is 0 Å². The van der Waals surface area contributed by atoms with E-state index in [9.17, 15) is 8.42 Å². The Labute approximate surface area is 184 Å². The quantitative estimate of drug-likeness (QED) is 0.320. The van der Waals surface area contributed by atoms with Gasteiger partial charge in [0.2, 0.25) is 0 Å². The Balaban J connectivity index is 0.00000392. The molecule has 0 atom stereocenters. The summed E-state index contributed by atoms with van der Waals surface area (Å²) in [5.74, 6) is 0.726. The monoisotopic (exact) mass is 517 g/mol. The van der Waals surface area contributed by atoms with Crippen molar-refractivity contribution in [1.29, 1.82) is 0 Å². The van der Waals surface area contributed by atoms with Crippen LogP contribution in [-0.2, 0) is 34.1 Å². The van der Waals surface area contributed by atoms with Crippen LogP contribution in [0, 0.1) is 0 Å². The first-order valence-corrected chi connectivity index (χ1v) is 10.6. The Morgan fingerprint density at radius 3 is 2.07 bits per heavy atom. The topological polar surface area (TPSA) is 79.8 Å². The molecule has 0 fully saturated rings. The molecule has 6 nitrogen and oxygen atoms in total. The van der Waals surface area contributed by atoms with Gasteiger partial charge in [0, 0.05) is 33.5 Å². The third kappa shape index (κ3) is 8.15. The SMILES string of the molecule is CN=C(NCCc1ccc(S(C)(=O)=O)cc1)NCc1ccc(COC)cc1.I. The largest absolute Gasteiger partial charge is 0.380 e. The van der Waals surface area contributed by atoms with Gasteiger partial charge in [0.05, 0.1) is 11.5 Å². The van der Waals surface area contributed by atoms with Crippen molar-refractivity contribution in [3.05, 3.63) is 65.2 Å². The van der Waals surface area contributed by atoms with Gasteiger partial charge in [-0.3, -0.25) is 4.99 Å². The lowest BCUT2D eigenvalue weighted by Gasteiger charge is -2.12. The summed E-state index contributed by atoms with van der Waals surface area (Å²) in [5, 5.41) is 6.55. The summed E-state index contributed by atoms with van der Waals surface area (Å²) in [6.07, 6.45) is 1.99. The first-order valence-electron chi connectivity index (χ1n) is 8.72. The van der Waals surface area contributed by atoms with E-state index in [2.05, 4.69) is 39.9 Å². The van der Waals surface area contributed by atoms with Crippen molar-refractivity contribution in [3.8, 4) is 0 Å². The summed E-state index contributed by atoms with van der Waals surface area (Å²) >= 11 is 0. The average Bonchev–Trinajstić information content (AvgIpc) is 2.65. The highest BCUT2D eigenvalue weighted by atomic mass is 127. The van der Waals surface area contributed by atoms with E-state index < -0.39 is 9.84 Å². The zero-order valence-electron chi connectivity index (χ0n) is 16.4. The number of ether oxygens (including phenoxy) is 1. The summed E-state index contributed by atoms with van der Waals surface area (Å²) in [6, 6.07) is 15.2. The zero-order valence-corrected chi connectivity index (χ0v) is 19.6. The lowest BCUT2D eigenvalue weighted by Crippen LogP contribution is -2.37. The molecule has 0 amide bonds. The van der Waals surface area contributed by atoms with Gasteiger partial charge in [-0.15, -0.1) is 24.0 Å². The molecule has 28 heavy (non-hydrogen) atoms. The van der Waals surface area contributed by atoms with Gasteiger partial charge >= 0.3 is 0 Å². The number of halogens is 1. The molecule has 0 aliphatic carbocycles. The highest BCUT2D eigenvalue weighted by molar-refractivity contribution is 14.0. The number of nitrogens with one attached hydrogen (secondary N) is 2. The van der Waals surface area contributed by atoms with Crippen LogP contribution in [0.1, 0.15) is 16.7 Å². The minimum absolute atomic E-state index is 0. The molecule has 2 aromatic rings. The van der Waals surface area contributed by atoms with E-state index in [-0.39, 0.29) is 24.0 Å². The fourth-order valence-corrected chi connectivity index (χ4v) is 3.19. The number of hydrogen-bond acceptors (Lipinski definition) is 4. The molecular formula is C20H28IN3O3S. The number of hydrogen-bond donors (Lipinski definition) is 2.